The van der Waals surface area contributed by atoms with Crippen LogP contribution in [0.4, 0.5) is 10.1 Å². The van der Waals surface area contributed by atoms with Crippen molar-refractivity contribution in [1.82, 2.24) is 14.4 Å². The molecule has 2 heterocycles. The summed E-state index contributed by atoms with van der Waals surface area (Å²) in [4.78, 5) is 8.41. The Bertz CT molecular complexity index is 769. The number of hydrogen-bond donors (Lipinski definition) is 1. The maximum Gasteiger partial charge on any atom is 0.155 e. The number of fused-ring (bicyclic) bond motifs is 1. The molecule has 0 aliphatic rings. The van der Waals surface area contributed by atoms with Crippen molar-refractivity contribution in [1.29, 1.82) is 0 Å². The molecule has 6 heteroatoms. The summed E-state index contributed by atoms with van der Waals surface area (Å²) in [6, 6.07) is 4.98. The van der Waals surface area contributed by atoms with Crippen molar-refractivity contribution in [3.8, 4) is 0 Å². The van der Waals surface area contributed by atoms with Gasteiger partial charge in [0.1, 0.15) is 10.4 Å². The van der Waals surface area contributed by atoms with E-state index in [2.05, 4.69) is 31.2 Å². The van der Waals surface area contributed by atoms with E-state index in [-0.39, 0.29) is 5.82 Å². The Labute approximate surface area is 123 Å². The first-order valence-corrected chi connectivity index (χ1v) is 6.90. The van der Waals surface area contributed by atoms with Crippen LogP contribution in [0.1, 0.15) is 11.3 Å². The highest BCUT2D eigenvalue weighted by molar-refractivity contribution is 9.10. The molecule has 0 saturated carbocycles. The molecule has 20 heavy (non-hydrogen) atoms. The highest BCUT2D eigenvalue weighted by Gasteiger charge is 2.05. The number of aromatic nitrogens is 3. The van der Waals surface area contributed by atoms with E-state index >= 15 is 0 Å². The van der Waals surface area contributed by atoms with Gasteiger partial charge in [-0.3, -0.25) is 4.40 Å². The lowest BCUT2D eigenvalue weighted by atomic mass is 10.2. The Morgan fingerprint density at radius 3 is 2.95 bits per heavy atom. The third-order valence-electron chi connectivity index (χ3n) is 3.07. The Morgan fingerprint density at radius 1 is 1.30 bits per heavy atom. The summed E-state index contributed by atoms with van der Waals surface area (Å²) < 4.78 is 15.9. The first-order valence-electron chi connectivity index (χ1n) is 6.11. The van der Waals surface area contributed by atoms with Crippen molar-refractivity contribution >= 4 is 27.3 Å². The van der Waals surface area contributed by atoms with Crippen LogP contribution >= 0.6 is 15.9 Å². The molecule has 2 aromatic heterocycles. The molecule has 0 spiro atoms. The molecule has 102 valence electrons. The second kappa shape index (κ2) is 5.20. The van der Waals surface area contributed by atoms with Gasteiger partial charge in [0.15, 0.2) is 5.65 Å². The highest BCUT2D eigenvalue weighted by atomic mass is 79.9. The van der Waals surface area contributed by atoms with Crippen LogP contribution in [-0.4, -0.2) is 14.4 Å². The number of rotatable bonds is 3. The third-order valence-corrected chi connectivity index (χ3v) is 3.48. The largest absolute Gasteiger partial charge is 0.379 e. The lowest BCUT2D eigenvalue weighted by molar-refractivity contribution is 0.618. The molecular weight excluding hydrogens is 323 g/mol. The molecule has 0 amide bonds. The lowest BCUT2D eigenvalue weighted by Crippen LogP contribution is -2.03. The van der Waals surface area contributed by atoms with E-state index in [1.165, 1.54) is 6.07 Å². The van der Waals surface area contributed by atoms with Gasteiger partial charge < -0.3 is 5.32 Å². The van der Waals surface area contributed by atoms with E-state index in [9.17, 15) is 4.39 Å². The summed E-state index contributed by atoms with van der Waals surface area (Å²) in [6.45, 7) is 2.35. The Balaban J connectivity index is 1.83. The van der Waals surface area contributed by atoms with Gasteiger partial charge in [-0.05, 0) is 46.6 Å². The molecule has 0 bridgehead atoms. The maximum absolute atomic E-state index is 13.2. The zero-order valence-electron chi connectivity index (χ0n) is 10.8. The van der Waals surface area contributed by atoms with Crippen molar-refractivity contribution in [2.45, 2.75) is 13.5 Å². The van der Waals surface area contributed by atoms with E-state index < -0.39 is 0 Å². The van der Waals surface area contributed by atoms with E-state index in [1.807, 2.05) is 10.6 Å². The minimum atomic E-state index is -0.194. The molecule has 4 nitrogen and oxygen atoms in total. The summed E-state index contributed by atoms with van der Waals surface area (Å²) >= 11 is 3.34. The van der Waals surface area contributed by atoms with Gasteiger partial charge in [0.2, 0.25) is 0 Å². The maximum atomic E-state index is 13.2. The fourth-order valence-corrected chi connectivity index (χ4v) is 2.30. The zero-order chi connectivity index (χ0) is 14.1. The predicted molar refractivity (Wildman–Crippen MR) is 79.2 cm³/mol. The molecule has 3 rings (SSSR count). The van der Waals surface area contributed by atoms with Gasteiger partial charge in [0.25, 0.3) is 0 Å². The normalized spacial score (nSPS) is 10.9. The molecule has 0 radical (unpaired) electrons. The summed E-state index contributed by atoms with van der Waals surface area (Å²) in [7, 11) is 0. The van der Waals surface area contributed by atoms with Gasteiger partial charge in [-0.15, -0.1) is 0 Å². The molecule has 1 aromatic carbocycles. The number of aryl methyl sites for hydroxylation is 1. The predicted octanol–water partition coefficient (Wildman–Crippen LogP) is 3.55. The zero-order valence-corrected chi connectivity index (χ0v) is 12.4. The fourth-order valence-electron chi connectivity index (χ4n) is 1.99. The van der Waals surface area contributed by atoms with Crippen LogP contribution in [0.15, 0.2) is 41.4 Å². The third kappa shape index (κ3) is 2.51. The van der Waals surface area contributed by atoms with Gasteiger partial charge in [-0.2, -0.15) is 0 Å². The van der Waals surface area contributed by atoms with Gasteiger partial charge in [-0.1, -0.05) is 0 Å². The fraction of sp³-hybridized carbons (Fsp3) is 0.143. The molecular formula is C14H12BrFN4. The first-order chi connectivity index (χ1) is 9.63. The minimum Gasteiger partial charge on any atom is -0.379 e. The number of benzene rings is 1. The summed E-state index contributed by atoms with van der Waals surface area (Å²) in [6.07, 6.45) is 5.37. The van der Waals surface area contributed by atoms with Gasteiger partial charge in [-0.25, -0.2) is 14.4 Å². The molecule has 3 aromatic rings. The number of nitrogens with one attached hydrogen (secondary N) is 1. The van der Waals surface area contributed by atoms with Crippen LogP contribution in [0.2, 0.25) is 0 Å². The number of halogens is 2. The molecule has 0 aliphatic heterocycles. The van der Waals surface area contributed by atoms with Crippen LogP contribution in [0.25, 0.3) is 5.65 Å². The van der Waals surface area contributed by atoms with Crippen LogP contribution in [0.5, 0.6) is 0 Å². The smallest absolute Gasteiger partial charge is 0.155 e. The Hall–Kier alpha value is -1.95. The molecule has 0 atom stereocenters. The highest BCUT2D eigenvalue weighted by Crippen LogP contribution is 2.16. The first kappa shape index (κ1) is 13.1. The summed E-state index contributed by atoms with van der Waals surface area (Å²) in [5.74, 6) is -0.194. The standard InChI is InChI=1S/C14H12BrFN4/c1-9-4-10(2-3-12(9)16)17-5-11-6-19-14-7-18-13(15)8-20(11)14/h2-4,6-8,17H,5H2,1H3. The quantitative estimate of drug-likeness (QED) is 0.796. The van der Waals surface area contributed by atoms with Crippen molar-refractivity contribution in [3.05, 3.63) is 58.5 Å². The SMILES string of the molecule is Cc1cc(NCc2cnc3cnc(Br)cn23)ccc1F. The average Bonchev–Trinajstić information content (AvgIpc) is 2.82. The van der Waals surface area contributed by atoms with Gasteiger partial charge in [0, 0.05) is 11.9 Å². The van der Waals surface area contributed by atoms with Gasteiger partial charge in [0.05, 0.1) is 24.6 Å². The van der Waals surface area contributed by atoms with Crippen molar-refractivity contribution in [3.63, 3.8) is 0 Å². The summed E-state index contributed by atoms with van der Waals surface area (Å²) in [5.41, 5.74) is 3.30. The Morgan fingerprint density at radius 2 is 2.15 bits per heavy atom. The van der Waals surface area contributed by atoms with Crippen molar-refractivity contribution in [2.75, 3.05) is 5.32 Å². The van der Waals surface area contributed by atoms with Crippen molar-refractivity contribution in [2.24, 2.45) is 0 Å². The van der Waals surface area contributed by atoms with Crippen LogP contribution in [-0.2, 0) is 6.54 Å². The monoisotopic (exact) mass is 334 g/mol. The van der Waals surface area contributed by atoms with Crippen LogP contribution in [0.3, 0.4) is 0 Å². The van der Waals surface area contributed by atoms with Crippen LogP contribution in [0, 0.1) is 12.7 Å². The van der Waals surface area contributed by atoms with E-state index in [1.54, 1.807) is 31.5 Å². The number of hydrogen-bond acceptors (Lipinski definition) is 3. The van der Waals surface area contributed by atoms with Crippen molar-refractivity contribution < 1.29 is 4.39 Å². The van der Waals surface area contributed by atoms with E-state index in [0.29, 0.717) is 12.1 Å². The molecule has 0 unspecified atom stereocenters. The molecule has 0 fully saturated rings. The van der Waals surface area contributed by atoms with Gasteiger partial charge >= 0.3 is 0 Å². The molecule has 0 aliphatic carbocycles. The van der Waals surface area contributed by atoms with E-state index in [4.69, 9.17) is 0 Å². The number of nitrogens with zero attached hydrogens (tertiary/aromatic N) is 3. The number of imidazole rings is 1. The second-order valence-electron chi connectivity index (χ2n) is 4.51. The topological polar surface area (TPSA) is 42.2 Å². The second-order valence-corrected chi connectivity index (χ2v) is 5.32. The lowest BCUT2D eigenvalue weighted by Gasteiger charge is -2.07. The number of anilines is 1. The summed E-state index contributed by atoms with van der Waals surface area (Å²) in [5, 5.41) is 3.26. The van der Waals surface area contributed by atoms with E-state index in [0.717, 1.165) is 21.6 Å². The Kier molecular flexibility index (Phi) is 3.40. The average molecular weight is 335 g/mol. The minimum absolute atomic E-state index is 0.194. The molecule has 1 N–H and O–H groups in total. The van der Waals surface area contributed by atoms with Crippen LogP contribution < -0.4 is 5.32 Å². The molecule has 0 saturated heterocycles.